The third-order valence-corrected chi connectivity index (χ3v) is 7.42. The van der Waals surface area contributed by atoms with Crippen molar-refractivity contribution in [3.8, 4) is 0 Å². The van der Waals surface area contributed by atoms with Crippen LogP contribution in [0, 0.1) is 13.8 Å². The van der Waals surface area contributed by atoms with Gasteiger partial charge < -0.3 is 26.0 Å². The van der Waals surface area contributed by atoms with Gasteiger partial charge in [-0.3, -0.25) is 14.4 Å². The lowest BCUT2D eigenvalue weighted by Gasteiger charge is -2.36. The number of nitrogens with two attached hydrogens (primary N) is 1. The number of benzene rings is 1. The van der Waals surface area contributed by atoms with Crippen molar-refractivity contribution in [2.45, 2.75) is 136 Å². The SMILES string of the molecule is CCCCCCCN(C(=O)C(CC(N)=O)NC(=O)OC(C)(C)C)C(C(=O)NC1CCCCC1)c1cc(C)ccc1C. The molecule has 9 nitrogen and oxygen atoms in total. The Bertz CT molecular complexity index is 1030. The molecule has 2 rings (SSSR count). The fourth-order valence-corrected chi connectivity index (χ4v) is 5.34. The van der Waals surface area contributed by atoms with Crippen LogP contribution in [-0.4, -0.2) is 52.9 Å². The van der Waals surface area contributed by atoms with Gasteiger partial charge in [0.05, 0.1) is 6.42 Å². The summed E-state index contributed by atoms with van der Waals surface area (Å²) >= 11 is 0. The molecule has 9 heteroatoms. The van der Waals surface area contributed by atoms with Gasteiger partial charge in [-0.2, -0.15) is 0 Å². The summed E-state index contributed by atoms with van der Waals surface area (Å²) in [5, 5.41) is 5.79. The zero-order chi connectivity index (χ0) is 30.6. The fraction of sp³-hybridized carbons (Fsp3) is 0.688. The van der Waals surface area contributed by atoms with Crippen LogP contribution in [0.4, 0.5) is 4.79 Å². The molecule has 0 spiro atoms. The molecular weight excluding hydrogens is 520 g/mol. The summed E-state index contributed by atoms with van der Waals surface area (Å²) in [4.78, 5) is 54.7. The van der Waals surface area contributed by atoms with Gasteiger partial charge in [-0.25, -0.2) is 4.79 Å². The minimum atomic E-state index is -1.27. The molecule has 0 heterocycles. The number of unbranched alkanes of at least 4 members (excludes halogenated alkanes) is 4. The summed E-state index contributed by atoms with van der Waals surface area (Å²) in [5.74, 6) is -1.52. The molecule has 4 amide bonds. The monoisotopic (exact) mass is 572 g/mol. The molecule has 0 saturated heterocycles. The van der Waals surface area contributed by atoms with Crippen LogP contribution in [0.5, 0.6) is 0 Å². The number of nitrogens with zero attached hydrogens (tertiary/aromatic N) is 1. The largest absolute Gasteiger partial charge is 0.444 e. The lowest BCUT2D eigenvalue weighted by Crippen LogP contribution is -2.55. The number of ether oxygens (including phenoxy) is 1. The van der Waals surface area contributed by atoms with Gasteiger partial charge in [0.1, 0.15) is 17.7 Å². The fourth-order valence-electron chi connectivity index (χ4n) is 5.34. The Balaban J connectivity index is 2.52. The summed E-state index contributed by atoms with van der Waals surface area (Å²) in [6.45, 7) is 11.5. The maximum Gasteiger partial charge on any atom is 0.408 e. The van der Waals surface area contributed by atoms with Gasteiger partial charge in [-0.15, -0.1) is 0 Å². The van der Waals surface area contributed by atoms with Crippen molar-refractivity contribution in [3.05, 3.63) is 34.9 Å². The Morgan fingerprint density at radius 2 is 1.68 bits per heavy atom. The van der Waals surface area contributed by atoms with Gasteiger partial charge in [0.2, 0.25) is 17.7 Å². The first-order valence-corrected chi connectivity index (χ1v) is 15.3. The first kappa shape index (κ1) is 34.1. The van der Waals surface area contributed by atoms with Crippen LogP contribution < -0.4 is 16.4 Å². The predicted molar refractivity (Wildman–Crippen MR) is 161 cm³/mol. The molecule has 41 heavy (non-hydrogen) atoms. The molecule has 4 N–H and O–H groups in total. The van der Waals surface area contributed by atoms with Crippen LogP contribution in [0.2, 0.25) is 0 Å². The maximum atomic E-state index is 14.3. The molecule has 0 aliphatic heterocycles. The molecular formula is C32H52N4O5. The third kappa shape index (κ3) is 11.7. The zero-order valence-corrected chi connectivity index (χ0v) is 26.0. The smallest absolute Gasteiger partial charge is 0.408 e. The summed E-state index contributed by atoms with van der Waals surface area (Å²) in [5.41, 5.74) is 7.31. The highest BCUT2D eigenvalue weighted by Gasteiger charge is 2.38. The quantitative estimate of drug-likeness (QED) is 0.258. The third-order valence-electron chi connectivity index (χ3n) is 7.42. The van der Waals surface area contributed by atoms with Crippen molar-refractivity contribution in [2.75, 3.05) is 6.54 Å². The topological polar surface area (TPSA) is 131 Å². The van der Waals surface area contributed by atoms with Crippen molar-refractivity contribution in [3.63, 3.8) is 0 Å². The molecule has 0 bridgehead atoms. The van der Waals surface area contributed by atoms with E-state index in [1.165, 1.54) is 4.90 Å². The van der Waals surface area contributed by atoms with E-state index in [9.17, 15) is 19.2 Å². The Kier molecular flexibility index (Phi) is 13.6. The van der Waals surface area contributed by atoms with Crippen molar-refractivity contribution >= 4 is 23.8 Å². The van der Waals surface area contributed by atoms with Crippen molar-refractivity contribution in [1.82, 2.24) is 15.5 Å². The van der Waals surface area contributed by atoms with E-state index >= 15 is 0 Å². The summed E-state index contributed by atoms with van der Waals surface area (Å²) < 4.78 is 5.38. The molecule has 1 fully saturated rings. The molecule has 0 radical (unpaired) electrons. The molecule has 2 atom stereocenters. The first-order valence-electron chi connectivity index (χ1n) is 15.3. The van der Waals surface area contributed by atoms with Crippen LogP contribution in [0.3, 0.4) is 0 Å². The van der Waals surface area contributed by atoms with Gasteiger partial charge in [0.15, 0.2) is 0 Å². The van der Waals surface area contributed by atoms with Crippen LogP contribution in [0.1, 0.15) is 121 Å². The van der Waals surface area contributed by atoms with E-state index in [1.54, 1.807) is 20.8 Å². The number of rotatable bonds is 14. The van der Waals surface area contributed by atoms with E-state index in [4.69, 9.17) is 10.5 Å². The molecule has 2 unspecified atom stereocenters. The Morgan fingerprint density at radius 3 is 2.29 bits per heavy atom. The minimum absolute atomic E-state index is 0.0478. The van der Waals surface area contributed by atoms with Crippen molar-refractivity contribution < 1.29 is 23.9 Å². The van der Waals surface area contributed by atoms with Crippen LogP contribution >= 0.6 is 0 Å². The second kappa shape index (κ2) is 16.4. The molecule has 1 saturated carbocycles. The second-order valence-electron chi connectivity index (χ2n) is 12.4. The highest BCUT2D eigenvalue weighted by molar-refractivity contribution is 5.94. The number of hydrogen-bond acceptors (Lipinski definition) is 5. The predicted octanol–water partition coefficient (Wildman–Crippen LogP) is 5.36. The van der Waals surface area contributed by atoms with Crippen LogP contribution in [0.15, 0.2) is 18.2 Å². The van der Waals surface area contributed by atoms with Gasteiger partial charge in [0.25, 0.3) is 0 Å². The number of nitrogens with one attached hydrogen (secondary N) is 2. The Hall–Kier alpha value is -3.10. The summed E-state index contributed by atoms with van der Waals surface area (Å²) in [6.07, 6.45) is 8.59. The van der Waals surface area contributed by atoms with E-state index < -0.39 is 42.0 Å². The number of alkyl carbamates (subject to hydrolysis) is 1. The van der Waals surface area contributed by atoms with Crippen molar-refractivity contribution in [1.29, 1.82) is 0 Å². The van der Waals surface area contributed by atoms with E-state index in [1.807, 2.05) is 32.0 Å². The highest BCUT2D eigenvalue weighted by atomic mass is 16.6. The van der Waals surface area contributed by atoms with Crippen LogP contribution in [-0.2, 0) is 19.1 Å². The van der Waals surface area contributed by atoms with Crippen molar-refractivity contribution in [2.24, 2.45) is 5.73 Å². The number of hydrogen-bond donors (Lipinski definition) is 3. The highest BCUT2D eigenvalue weighted by Crippen LogP contribution is 2.29. The number of primary amides is 1. The normalized spacial score (nSPS) is 15.5. The zero-order valence-electron chi connectivity index (χ0n) is 26.0. The molecule has 0 aromatic heterocycles. The number of aryl methyl sites for hydroxylation is 2. The minimum Gasteiger partial charge on any atom is -0.444 e. The van der Waals surface area contributed by atoms with Gasteiger partial charge in [0, 0.05) is 12.6 Å². The van der Waals surface area contributed by atoms with E-state index in [0.29, 0.717) is 13.0 Å². The average Bonchev–Trinajstić information content (AvgIpc) is 2.88. The Morgan fingerprint density at radius 1 is 1.02 bits per heavy atom. The number of carbonyl (C=O) groups is 4. The van der Waals surface area contributed by atoms with E-state index in [0.717, 1.165) is 74.5 Å². The van der Waals surface area contributed by atoms with E-state index in [-0.39, 0.29) is 11.9 Å². The molecule has 1 aliphatic carbocycles. The first-order chi connectivity index (χ1) is 19.3. The molecule has 230 valence electrons. The average molecular weight is 573 g/mol. The molecule has 1 aromatic rings. The van der Waals surface area contributed by atoms with Crippen LogP contribution in [0.25, 0.3) is 0 Å². The second-order valence-corrected chi connectivity index (χ2v) is 12.4. The van der Waals surface area contributed by atoms with Gasteiger partial charge >= 0.3 is 6.09 Å². The number of carbonyl (C=O) groups excluding carboxylic acids is 4. The Labute approximate surface area is 246 Å². The number of amides is 4. The van der Waals surface area contributed by atoms with E-state index in [2.05, 4.69) is 17.6 Å². The standard InChI is InChI=1S/C32H52N4O5/c1-7-8-9-10-14-19-36(30(39)26(21-27(33)37)35-31(40)41-32(4,5)6)28(25-20-22(2)17-18-23(25)3)29(38)34-24-15-12-11-13-16-24/h17-18,20,24,26,28H,7-16,19,21H2,1-6H3,(H2,33,37)(H,34,38)(H,35,40). The molecule has 1 aromatic carbocycles. The maximum absolute atomic E-state index is 14.3. The lowest BCUT2D eigenvalue weighted by molar-refractivity contribution is -0.143. The summed E-state index contributed by atoms with van der Waals surface area (Å²) in [7, 11) is 0. The lowest BCUT2D eigenvalue weighted by atomic mass is 9.93. The van der Waals surface area contributed by atoms with Gasteiger partial charge in [-0.1, -0.05) is 75.6 Å². The van der Waals surface area contributed by atoms with Gasteiger partial charge in [-0.05, 0) is 65.0 Å². The molecule has 1 aliphatic rings. The summed E-state index contributed by atoms with van der Waals surface area (Å²) in [6, 6.07) is 3.73.